The molecule has 4 nitrogen and oxygen atoms in total. The molecule has 0 radical (unpaired) electrons. The van der Waals surface area contributed by atoms with Crippen LogP contribution in [0.3, 0.4) is 0 Å². The second-order valence-electron chi connectivity index (χ2n) is 5.70. The molecular formula is C16H26N2O2. The molecule has 1 unspecified atom stereocenters. The van der Waals surface area contributed by atoms with Crippen LogP contribution in [0.4, 0.5) is 5.69 Å². The number of benzene rings is 1. The van der Waals surface area contributed by atoms with Gasteiger partial charge in [-0.1, -0.05) is 12.1 Å². The number of nitrogens with one attached hydrogen (secondary N) is 2. The van der Waals surface area contributed by atoms with Crippen molar-refractivity contribution < 1.29 is 9.53 Å². The zero-order chi connectivity index (χ0) is 15.2. The lowest BCUT2D eigenvalue weighted by molar-refractivity contribution is -0.114. The maximum Gasteiger partial charge on any atom is 0.221 e. The van der Waals surface area contributed by atoms with Gasteiger partial charge >= 0.3 is 0 Å². The van der Waals surface area contributed by atoms with Crippen molar-refractivity contribution in [1.29, 1.82) is 0 Å². The first-order valence-electron chi connectivity index (χ1n) is 7.00. The number of rotatable bonds is 7. The third-order valence-electron chi connectivity index (χ3n) is 3.44. The van der Waals surface area contributed by atoms with Crippen LogP contribution in [-0.2, 0) is 9.53 Å². The van der Waals surface area contributed by atoms with Gasteiger partial charge in [0.2, 0.25) is 5.91 Å². The zero-order valence-electron chi connectivity index (χ0n) is 13.1. The predicted molar refractivity (Wildman–Crippen MR) is 82.9 cm³/mol. The van der Waals surface area contributed by atoms with Crippen molar-refractivity contribution in [3.05, 3.63) is 29.8 Å². The average molecular weight is 278 g/mol. The summed E-state index contributed by atoms with van der Waals surface area (Å²) >= 11 is 0. The monoisotopic (exact) mass is 278 g/mol. The maximum absolute atomic E-state index is 11.1. The van der Waals surface area contributed by atoms with Crippen molar-refractivity contribution in [2.75, 3.05) is 19.0 Å². The van der Waals surface area contributed by atoms with E-state index in [4.69, 9.17) is 4.74 Å². The van der Waals surface area contributed by atoms with E-state index in [1.807, 2.05) is 18.2 Å². The quantitative estimate of drug-likeness (QED) is 0.805. The molecule has 1 rings (SSSR count). The Bertz CT molecular complexity index is 444. The van der Waals surface area contributed by atoms with Gasteiger partial charge in [-0.05, 0) is 51.4 Å². The van der Waals surface area contributed by atoms with E-state index in [9.17, 15) is 4.79 Å². The number of methoxy groups -OCH3 is 1. The topological polar surface area (TPSA) is 50.4 Å². The zero-order valence-corrected chi connectivity index (χ0v) is 13.1. The average Bonchev–Trinajstić information content (AvgIpc) is 2.38. The summed E-state index contributed by atoms with van der Waals surface area (Å²) in [5, 5.41) is 6.28. The molecule has 1 aromatic carbocycles. The Morgan fingerprint density at radius 3 is 2.70 bits per heavy atom. The van der Waals surface area contributed by atoms with E-state index >= 15 is 0 Å². The lowest BCUT2D eigenvalue weighted by atomic mass is 10.0. The van der Waals surface area contributed by atoms with E-state index in [1.54, 1.807) is 7.11 Å². The number of anilines is 1. The Morgan fingerprint density at radius 2 is 2.10 bits per heavy atom. The fourth-order valence-electron chi connectivity index (χ4n) is 1.90. The molecule has 0 aliphatic rings. The van der Waals surface area contributed by atoms with Gasteiger partial charge in [0.25, 0.3) is 0 Å². The minimum atomic E-state index is -0.106. The maximum atomic E-state index is 11.1. The second-order valence-corrected chi connectivity index (χ2v) is 5.70. The molecule has 1 amide bonds. The summed E-state index contributed by atoms with van der Waals surface area (Å²) in [4.78, 5) is 11.1. The molecule has 0 aromatic heterocycles. The van der Waals surface area contributed by atoms with Crippen molar-refractivity contribution in [3.63, 3.8) is 0 Å². The molecule has 0 bridgehead atoms. The first-order chi connectivity index (χ1) is 9.34. The van der Waals surface area contributed by atoms with Gasteiger partial charge in [-0.2, -0.15) is 0 Å². The number of carbonyl (C=O) groups excluding carboxylic acids is 1. The molecule has 4 heteroatoms. The van der Waals surface area contributed by atoms with Crippen molar-refractivity contribution in [2.45, 2.75) is 45.8 Å². The predicted octanol–water partition coefficient (Wildman–Crippen LogP) is 3.11. The summed E-state index contributed by atoms with van der Waals surface area (Å²) in [6.07, 6.45) is 0.944. The molecule has 2 N–H and O–H groups in total. The Kier molecular flexibility index (Phi) is 6.17. The lowest BCUT2D eigenvalue weighted by Gasteiger charge is -2.24. The summed E-state index contributed by atoms with van der Waals surface area (Å²) in [5.41, 5.74) is 1.89. The first kappa shape index (κ1) is 16.7. The SMILES string of the molecule is COC(C)(C)CCNC(C)c1cccc(NC(C)=O)c1. The molecule has 0 saturated heterocycles. The van der Waals surface area contributed by atoms with Gasteiger partial charge in [0, 0.05) is 25.8 Å². The van der Waals surface area contributed by atoms with Crippen molar-refractivity contribution in [2.24, 2.45) is 0 Å². The standard InChI is InChI=1S/C16H26N2O2/c1-12(17-10-9-16(3,4)20-5)14-7-6-8-15(11-14)18-13(2)19/h6-8,11-12,17H,9-10H2,1-5H3,(H,18,19). The van der Waals surface area contributed by atoms with Crippen LogP contribution in [0.1, 0.15) is 45.7 Å². The highest BCUT2D eigenvalue weighted by molar-refractivity contribution is 5.88. The Hall–Kier alpha value is -1.39. The van der Waals surface area contributed by atoms with Gasteiger partial charge < -0.3 is 15.4 Å². The molecule has 0 saturated carbocycles. The summed E-state index contributed by atoms with van der Waals surface area (Å²) in [5.74, 6) is -0.0513. The van der Waals surface area contributed by atoms with Crippen molar-refractivity contribution in [3.8, 4) is 0 Å². The van der Waals surface area contributed by atoms with E-state index < -0.39 is 0 Å². The third-order valence-corrected chi connectivity index (χ3v) is 3.44. The molecule has 1 aromatic rings. The number of hydrogen-bond donors (Lipinski definition) is 2. The molecule has 0 fully saturated rings. The van der Waals surface area contributed by atoms with Crippen LogP contribution in [0.5, 0.6) is 0 Å². The van der Waals surface area contributed by atoms with Crippen LogP contribution in [0, 0.1) is 0 Å². The van der Waals surface area contributed by atoms with Crippen LogP contribution in [0.2, 0.25) is 0 Å². The van der Waals surface area contributed by atoms with Gasteiger partial charge in [0.1, 0.15) is 0 Å². The molecule has 0 aliphatic carbocycles. The fraction of sp³-hybridized carbons (Fsp3) is 0.562. The Labute approximate surface area is 121 Å². The van der Waals surface area contributed by atoms with Gasteiger partial charge in [-0.25, -0.2) is 0 Å². The largest absolute Gasteiger partial charge is 0.379 e. The van der Waals surface area contributed by atoms with Crippen molar-refractivity contribution in [1.82, 2.24) is 5.32 Å². The minimum Gasteiger partial charge on any atom is -0.379 e. The molecule has 0 heterocycles. The minimum absolute atomic E-state index is 0.0513. The number of amides is 1. The smallest absolute Gasteiger partial charge is 0.221 e. The summed E-state index contributed by atoms with van der Waals surface area (Å²) in [7, 11) is 1.74. The fourth-order valence-corrected chi connectivity index (χ4v) is 1.90. The summed E-state index contributed by atoms with van der Waals surface area (Å²) in [6.45, 7) is 8.67. The highest BCUT2D eigenvalue weighted by Crippen LogP contribution is 2.18. The van der Waals surface area contributed by atoms with E-state index in [0.29, 0.717) is 0 Å². The second kappa shape index (κ2) is 7.41. The van der Waals surface area contributed by atoms with Crippen LogP contribution in [0.15, 0.2) is 24.3 Å². The molecule has 0 spiro atoms. The van der Waals surface area contributed by atoms with Gasteiger partial charge in [-0.15, -0.1) is 0 Å². The van der Waals surface area contributed by atoms with E-state index in [2.05, 4.69) is 37.5 Å². The highest BCUT2D eigenvalue weighted by Gasteiger charge is 2.16. The Balaban J connectivity index is 2.55. The molecule has 0 aliphatic heterocycles. The van der Waals surface area contributed by atoms with Gasteiger partial charge in [0.05, 0.1) is 5.60 Å². The first-order valence-corrected chi connectivity index (χ1v) is 7.00. The van der Waals surface area contributed by atoms with Gasteiger partial charge in [-0.3, -0.25) is 4.79 Å². The van der Waals surface area contributed by atoms with E-state index in [0.717, 1.165) is 24.2 Å². The highest BCUT2D eigenvalue weighted by atomic mass is 16.5. The third kappa shape index (κ3) is 5.72. The lowest BCUT2D eigenvalue weighted by Crippen LogP contribution is -2.30. The molecular weight excluding hydrogens is 252 g/mol. The molecule has 20 heavy (non-hydrogen) atoms. The van der Waals surface area contributed by atoms with Crippen LogP contribution in [0.25, 0.3) is 0 Å². The van der Waals surface area contributed by atoms with Crippen molar-refractivity contribution >= 4 is 11.6 Å². The summed E-state index contributed by atoms with van der Waals surface area (Å²) < 4.78 is 5.40. The van der Waals surface area contributed by atoms with Crippen LogP contribution < -0.4 is 10.6 Å². The number of hydrogen-bond acceptors (Lipinski definition) is 3. The summed E-state index contributed by atoms with van der Waals surface area (Å²) in [6, 6.07) is 8.14. The van der Waals surface area contributed by atoms with Crippen LogP contribution >= 0.6 is 0 Å². The van der Waals surface area contributed by atoms with E-state index in [1.165, 1.54) is 6.92 Å². The molecule has 112 valence electrons. The van der Waals surface area contributed by atoms with Crippen LogP contribution in [-0.4, -0.2) is 25.2 Å². The molecule has 1 atom stereocenters. The Morgan fingerprint density at radius 1 is 1.40 bits per heavy atom. The normalized spacial score (nSPS) is 13.1. The number of carbonyl (C=O) groups is 1. The number of ether oxygens (including phenoxy) is 1. The van der Waals surface area contributed by atoms with Gasteiger partial charge in [0.15, 0.2) is 0 Å². The van der Waals surface area contributed by atoms with E-state index in [-0.39, 0.29) is 17.6 Å².